The highest BCUT2D eigenvalue weighted by Gasteiger charge is 2.23. The van der Waals surface area contributed by atoms with Crippen LogP contribution in [0.5, 0.6) is 5.75 Å². The third-order valence-corrected chi connectivity index (χ3v) is 5.44. The molecule has 1 atom stereocenters. The second-order valence-corrected chi connectivity index (χ2v) is 7.39. The maximum Gasteiger partial charge on any atom is 0.258 e. The summed E-state index contributed by atoms with van der Waals surface area (Å²) in [5, 5.41) is 4.58. The maximum absolute atomic E-state index is 12.7. The molecule has 0 amide bonds. The summed E-state index contributed by atoms with van der Waals surface area (Å²) in [5.74, 6) is 1.60. The third kappa shape index (κ3) is 3.34. The summed E-state index contributed by atoms with van der Waals surface area (Å²) in [6.07, 6.45) is 2.63. The van der Waals surface area contributed by atoms with E-state index in [4.69, 9.17) is 9.15 Å². The highest BCUT2D eigenvalue weighted by Crippen LogP contribution is 2.34. The van der Waals surface area contributed by atoms with Crippen molar-refractivity contribution in [2.75, 3.05) is 6.54 Å². The molecule has 3 heterocycles. The van der Waals surface area contributed by atoms with E-state index < -0.39 is 0 Å². The molecule has 5 heteroatoms. The van der Waals surface area contributed by atoms with Crippen molar-refractivity contribution >= 4 is 11.0 Å². The van der Waals surface area contributed by atoms with Gasteiger partial charge in [-0.1, -0.05) is 30.3 Å². The van der Waals surface area contributed by atoms with Gasteiger partial charge in [-0.25, -0.2) is 0 Å². The van der Waals surface area contributed by atoms with Crippen molar-refractivity contribution in [2.45, 2.75) is 26.0 Å². The van der Waals surface area contributed by atoms with Gasteiger partial charge in [-0.2, -0.15) is 0 Å². The summed E-state index contributed by atoms with van der Waals surface area (Å²) < 4.78 is 13.5. The topological polar surface area (TPSA) is 56.4 Å². The van der Waals surface area contributed by atoms with Crippen LogP contribution in [0.1, 0.15) is 29.9 Å². The Morgan fingerprint density at radius 1 is 1.14 bits per heavy atom. The Morgan fingerprint density at radius 3 is 2.83 bits per heavy atom. The number of hydrogen-bond donors (Lipinski definition) is 1. The van der Waals surface area contributed by atoms with Gasteiger partial charge in [0.15, 0.2) is 0 Å². The largest absolute Gasteiger partial charge is 0.489 e. The average molecular weight is 386 g/mol. The van der Waals surface area contributed by atoms with Crippen LogP contribution in [-0.4, -0.2) is 11.1 Å². The minimum atomic E-state index is -0.138. The summed E-state index contributed by atoms with van der Waals surface area (Å²) in [6, 6.07) is 19.4. The predicted molar refractivity (Wildman–Crippen MR) is 113 cm³/mol. The number of nitrogens with zero attached hydrogens (tertiary/aromatic N) is 1. The van der Waals surface area contributed by atoms with E-state index >= 15 is 0 Å². The summed E-state index contributed by atoms with van der Waals surface area (Å²) in [4.78, 5) is 12.7. The Morgan fingerprint density at radius 2 is 2.00 bits per heavy atom. The van der Waals surface area contributed by atoms with Crippen LogP contribution in [0.25, 0.3) is 16.7 Å². The Labute approximate surface area is 168 Å². The number of benzene rings is 2. The highest BCUT2D eigenvalue weighted by molar-refractivity contribution is 5.85. The van der Waals surface area contributed by atoms with Gasteiger partial charge in [-0.05, 0) is 30.7 Å². The maximum atomic E-state index is 12.7. The lowest BCUT2D eigenvalue weighted by Crippen LogP contribution is -2.26. The first kappa shape index (κ1) is 17.8. The van der Waals surface area contributed by atoms with Gasteiger partial charge in [0.25, 0.3) is 5.56 Å². The molecule has 0 aliphatic carbocycles. The van der Waals surface area contributed by atoms with Crippen LogP contribution in [0, 0.1) is 0 Å². The molecule has 29 heavy (non-hydrogen) atoms. The molecule has 5 nitrogen and oxygen atoms in total. The average Bonchev–Trinajstić information content (AvgIpc) is 3.12. The van der Waals surface area contributed by atoms with Crippen LogP contribution in [0.15, 0.2) is 76.1 Å². The molecular formula is C24H22N2O3. The van der Waals surface area contributed by atoms with Gasteiger partial charge in [0, 0.05) is 48.3 Å². The lowest BCUT2D eigenvalue weighted by Gasteiger charge is -2.19. The molecule has 0 radical (unpaired) electrons. The first-order valence-corrected chi connectivity index (χ1v) is 9.87. The summed E-state index contributed by atoms with van der Waals surface area (Å²) >= 11 is 0. The molecule has 1 N–H and O–H groups in total. The fourth-order valence-electron chi connectivity index (χ4n) is 3.98. The number of nitrogens with one attached hydrogen (secondary N) is 1. The van der Waals surface area contributed by atoms with E-state index in [1.165, 1.54) is 11.6 Å². The molecule has 2 aromatic heterocycles. The number of pyridine rings is 1. The fourth-order valence-corrected chi connectivity index (χ4v) is 3.98. The Balaban J connectivity index is 1.43. The molecule has 146 valence electrons. The molecule has 0 saturated heterocycles. The Hall–Kier alpha value is -3.31. The molecule has 5 rings (SSSR count). The molecule has 0 unspecified atom stereocenters. The van der Waals surface area contributed by atoms with Crippen LogP contribution in [-0.2, 0) is 13.0 Å². The van der Waals surface area contributed by atoms with Gasteiger partial charge in [0.05, 0.1) is 5.69 Å². The van der Waals surface area contributed by atoms with Gasteiger partial charge in [-0.15, -0.1) is 0 Å². The molecule has 0 bridgehead atoms. The first-order valence-electron chi connectivity index (χ1n) is 9.87. The van der Waals surface area contributed by atoms with E-state index in [2.05, 4.69) is 12.2 Å². The smallest absolute Gasteiger partial charge is 0.258 e. The number of fused-ring (bicyclic) bond motifs is 3. The van der Waals surface area contributed by atoms with Crippen molar-refractivity contribution in [3.63, 3.8) is 0 Å². The monoisotopic (exact) mass is 386 g/mol. The summed E-state index contributed by atoms with van der Waals surface area (Å²) in [5.41, 5.74) is 3.76. The second kappa shape index (κ2) is 7.26. The molecular weight excluding hydrogens is 364 g/mol. The van der Waals surface area contributed by atoms with Gasteiger partial charge in [0.1, 0.15) is 23.7 Å². The number of hydrogen-bond acceptors (Lipinski definition) is 4. The number of aromatic nitrogens is 1. The van der Waals surface area contributed by atoms with Crippen molar-refractivity contribution in [1.29, 1.82) is 0 Å². The minimum Gasteiger partial charge on any atom is -0.489 e. The summed E-state index contributed by atoms with van der Waals surface area (Å²) in [7, 11) is 0. The normalized spacial score (nSPS) is 16.0. The van der Waals surface area contributed by atoms with Crippen molar-refractivity contribution in [2.24, 2.45) is 0 Å². The molecule has 0 saturated carbocycles. The van der Waals surface area contributed by atoms with E-state index in [-0.39, 0.29) is 11.6 Å². The van der Waals surface area contributed by atoms with E-state index in [1.807, 2.05) is 54.6 Å². The molecule has 4 aromatic rings. The predicted octanol–water partition coefficient (Wildman–Crippen LogP) is 4.37. The lowest BCUT2D eigenvalue weighted by molar-refractivity contribution is 0.305. The van der Waals surface area contributed by atoms with Crippen molar-refractivity contribution in [3.8, 4) is 11.4 Å². The standard InChI is InChI=1S/C24H22N2O3/c1-16-24-20-8-7-18(13-22(20)29-21(24)9-11-25-16)26-12-10-19(14-23(26)27)28-15-17-5-3-2-4-6-17/h2-8,10,12-14,16,25H,9,11,15H2,1H3/t16-/m0/s1. The van der Waals surface area contributed by atoms with E-state index in [1.54, 1.807) is 10.8 Å². The van der Waals surface area contributed by atoms with Crippen molar-refractivity contribution < 1.29 is 9.15 Å². The van der Waals surface area contributed by atoms with Crippen molar-refractivity contribution in [1.82, 2.24) is 9.88 Å². The zero-order valence-electron chi connectivity index (χ0n) is 16.2. The van der Waals surface area contributed by atoms with Gasteiger partial charge in [0.2, 0.25) is 0 Å². The molecule has 2 aromatic carbocycles. The van der Waals surface area contributed by atoms with Gasteiger partial charge >= 0.3 is 0 Å². The first-order chi connectivity index (χ1) is 14.2. The number of rotatable bonds is 4. The molecule has 1 aliphatic rings. The lowest BCUT2D eigenvalue weighted by atomic mass is 9.99. The number of ether oxygens (including phenoxy) is 1. The Bertz CT molecular complexity index is 1220. The minimum absolute atomic E-state index is 0.138. The van der Waals surface area contributed by atoms with E-state index in [0.717, 1.165) is 40.9 Å². The van der Waals surface area contributed by atoms with Crippen LogP contribution < -0.4 is 15.6 Å². The van der Waals surface area contributed by atoms with Crippen LogP contribution in [0.2, 0.25) is 0 Å². The Kier molecular flexibility index (Phi) is 4.45. The van der Waals surface area contributed by atoms with Crippen LogP contribution >= 0.6 is 0 Å². The summed E-state index contributed by atoms with van der Waals surface area (Å²) in [6.45, 7) is 3.50. The third-order valence-electron chi connectivity index (χ3n) is 5.44. The molecule has 0 spiro atoms. The molecule has 0 fully saturated rings. The zero-order chi connectivity index (χ0) is 19.8. The van der Waals surface area contributed by atoms with E-state index in [9.17, 15) is 4.79 Å². The zero-order valence-corrected chi connectivity index (χ0v) is 16.2. The SMILES string of the molecule is C[C@@H]1NCCc2oc3cc(-n4ccc(OCc5ccccc5)cc4=O)ccc3c21. The van der Waals surface area contributed by atoms with Gasteiger partial charge < -0.3 is 14.5 Å². The van der Waals surface area contributed by atoms with Crippen LogP contribution in [0.4, 0.5) is 0 Å². The highest BCUT2D eigenvalue weighted by atomic mass is 16.5. The van der Waals surface area contributed by atoms with E-state index in [0.29, 0.717) is 12.4 Å². The van der Waals surface area contributed by atoms with Crippen molar-refractivity contribution in [3.05, 3.63) is 94.1 Å². The molecule has 1 aliphatic heterocycles. The quantitative estimate of drug-likeness (QED) is 0.566. The number of furan rings is 1. The van der Waals surface area contributed by atoms with Gasteiger partial charge in [-0.3, -0.25) is 9.36 Å². The van der Waals surface area contributed by atoms with Crippen LogP contribution in [0.3, 0.4) is 0 Å². The second-order valence-electron chi connectivity index (χ2n) is 7.39. The fraction of sp³-hybridized carbons (Fsp3) is 0.208.